The molecule has 1 atom stereocenters. The molecule has 3 N–H and O–H groups in total. The predicted molar refractivity (Wildman–Crippen MR) is 63.8 cm³/mol. The molecule has 1 aliphatic heterocycles. The standard InChI is InChI=1S/C12H26N2O/c1-12(2,9-13)10-14-7-5-3-4-6-11(14)8-15/h11,15H,3-10,13H2,1-2H3. The van der Waals surface area contributed by atoms with Crippen LogP contribution in [0.2, 0.25) is 0 Å². The Morgan fingerprint density at radius 1 is 1.33 bits per heavy atom. The van der Waals surface area contributed by atoms with Crippen molar-refractivity contribution in [2.45, 2.75) is 45.6 Å². The summed E-state index contributed by atoms with van der Waals surface area (Å²) in [5.41, 5.74) is 5.92. The van der Waals surface area contributed by atoms with Gasteiger partial charge in [-0.1, -0.05) is 26.7 Å². The van der Waals surface area contributed by atoms with Gasteiger partial charge in [0.2, 0.25) is 0 Å². The van der Waals surface area contributed by atoms with Crippen LogP contribution in [0, 0.1) is 5.41 Å². The van der Waals surface area contributed by atoms with Gasteiger partial charge in [0.05, 0.1) is 6.61 Å². The fourth-order valence-corrected chi connectivity index (χ4v) is 2.27. The first kappa shape index (κ1) is 12.9. The van der Waals surface area contributed by atoms with Crippen molar-refractivity contribution < 1.29 is 5.11 Å². The third kappa shape index (κ3) is 4.09. The third-order valence-corrected chi connectivity index (χ3v) is 3.39. The van der Waals surface area contributed by atoms with Crippen LogP contribution in [0.3, 0.4) is 0 Å². The summed E-state index contributed by atoms with van der Waals surface area (Å²) in [5, 5.41) is 9.38. The predicted octanol–water partition coefficient (Wildman–Crippen LogP) is 1.21. The average Bonchev–Trinajstić information content (AvgIpc) is 2.42. The van der Waals surface area contributed by atoms with Gasteiger partial charge in [-0.2, -0.15) is 0 Å². The number of hydrogen-bond donors (Lipinski definition) is 2. The molecule has 90 valence electrons. The summed E-state index contributed by atoms with van der Waals surface area (Å²) in [5.74, 6) is 0. The van der Waals surface area contributed by atoms with Crippen molar-refractivity contribution in [2.75, 3.05) is 26.2 Å². The summed E-state index contributed by atoms with van der Waals surface area (Å²) in [6, 6.07) is 0.360. The van der Waals surface area contributed by atoms with Gasteiger partial charge in [-0.05, 0) is 31.3 Å². The molecule has 0 spiro atoms. The van der Waals surface area contributed by atoms with E-state index >= 15 is 0 Å². The van der Waals surface area contributed by atoms with Crippen LogP contribution in [-0.4, -0.2) is 42.3 Å². The van der Waals surface area contributed by atoms with Gasteiger partial charge < -0.3 is 10.8 Å². The van der Waals surface area contributed by atoms with Crippen molar-refractivity contribution in [1.82, 2.24) is 4.90 Å². The summed E-state index contributed by atoms with van der Waals surface area (Å²) >= 11 is 0. The lowest BCUT2D eigenvalue weighted by Crippen LogP contribution is -2.45. The Hall–Kier alpha value is -0.120. The minimum Gasteiger partial charge on any atom is -0.395 e. The smallest absolute Gasteiger partial charge is 0.0586 e. The zero-order valence-electron chi connectivity index (χ0n) is 10.2. The Labute approximate surface area is 93.6 Å². The molecule has 1 saturated heterocycles. The van der Waals surface area contributed by atoms with E-state index in [0.717, 1.165) is 19.5 Å². The Morgan fingerprint density at radius 3 is 2.67 bits per heavy atom. The molecule has 1 fully saturated rings. The van der Waals surface area contributed by atoms with Gasteiger partial charge in [-0.15, -0.1) is 0 Å². The van der Waals surface area contributed by atoms with E-state index in [1.165, 1.54) is 19.3 Å². The average molecular weight is 214 g/mol. The molecule has 1 rings (SSSR count). The molecular formula is C12H26N2O. The van der Waals surface area contributed by atoms with Crippen LogP contribution >= 0.6 is 0 Å². The van der Waals surface area contributed by atoms with Gasteiger partial charge in [0.1, 0.15) is 0 Å². The fourth-order valence-electron chi connectivity index (χ4n) is 2.27. The number of rotatable bonds is 4. The Kier molecular flexibility index (Phi) is 5.03. The first-order chi connectivity index (χ1) is 7.09. The van der Waals surface area contributed by atoms with Crippen LogP contribution in [0.25, 0.3) is 0 Å². The van der Waals surface area contributed by atoms with Crippen molar-refractivity contribution >= 4 is 0 Å². The SMILES string of the molecule is CC(C)(CN)CN1CCCCCC1CO. The van der Waals surface area contributed by atoms with Crippen molar-refractivity contribution in [1.29, 1.82) is 0 Å². The molecule has 0 aliphatic carbocycles. The van der Waals surface area contributed by atoms with Crippen molar-refractivity contribution in [2.24, 2.45) is 11.1 Å². The molecule has 0 radical (unpaired) electrons. The Balaban J connectivity index is 2.55. The van der Waals surface area contributed by atoms with E-state index in [-0.39, 0.29) is 5.41 Å². The summed E-state index contributed by atoms with van der Waals surface area (Å²) in [6.45, 7) is 7.53. The van der Waals surface area contributed by atoms with Gasteiger partial charge in [0, 0.05) is 12.6 Å². The van der Waals surface area contributed by atoms with Crippen LogP contribution in [0.15, 0.2) is 0 Å². The van der Waals surface area contributed by atoms with E-state index < -0.39 is 0 Å². The molecule has 3 heteroatoms. The molecule has 0 amide bonds. The lowest BCUT2D eigenvalue weighted by Gasteiger charge is -2.35. The number of nitrogens with two attached hydrogens (primary N) is 1. The van der Waals surface area contributed by atoms with E-state index in [4.69, 9.17) is 5.73 Å². The van der Waals surface area contributed by atoms with E-state index in [1.807, 2.05) is 0 Å². The summed E-state index contributed by atoms with van der Waals surface area (Å²) in [6.07, 6.45) is 4.95. The topological polar surface area (TPSA) is 49.5 Å². The number of aliphatic hydroxyl groups is 1. The highest BCUT2D eigenvalue weighted by molar-refractivity contribution is 4.81. The third-order valence-electron chi connectivity index (χ3n) is 3.39. The normalized spacial score (nSPS) is 25.2. The molecule has 0 aromatic rings. The molecule has 1 heterocycles. The highest BCUT2D eigenvalue weighted by atomic mass is 16.3. The van der Waals surface area contributed by atoms with Crippen LogP contribution in [0.5, 0.6) is 0 Å². The minimum absolute atomic E-state index is 0.164. The maximum absolute atomic E-state index is 9.38. The second-order valence-corrected chi connectivity index (χ2v) is 5.52. The Morgan fingerprint density at radius 2 is 2.07 bits per heavy atom. The first-order valence-corrected chi connectivity index (χ1v) is 6.14. The van der Waals surface area contributed by atoms with Crippen LogP contribution in [0.1, 0.15) is 39.5 Å². The highest BCUT2D eigenvalue weighted by Crippen LogP contribution is 2.22. The lowest BCUT2D eigenvalue weighted by atomic mass is 9.92. The molecule has 15 heavy (non-hydrogen) atoms. The molecule has 3 nitrogen and oxygen atoms in total. The van der Waals surface area contributed by atoms with Crippen LogP contribution in [0.4, 0.5) is 0 Å². The van der Waals surface area contributed by atoms with Crippen molar-refractivity contribution in [3.8, 4) is 0 Å². The number of nitrogens with zero attached hydrogens (tertiary/aromatic N) is 1. The van der Waals surface area contributed by atoms with E-state index in [2.05, 4.69) is 18.7 Å². The highest BCUT2D eigenvalue weighted by Gasteiger charge is 2.26. The van der Waals surface area contributed by atoms with E-state index in [0.29, 0.717) is 19.2 Å². The number of likely N-dealkylation sites (tertiary alicyclic amines) is 1. The summed E-state index contributed by atoms with van der Waals surface area (Å²) in [4.78, 5) is 2.43. The van der Waals surface area contributed by atoms with Gasteiger partial charge in [0.15, 0.2) is 0 Å². The van der Waals surface area contributed by atoms with E-state index in [1.54, 1.807) is 0 Å². The molecule has 1 unspecified atom stereocenters. The lowest BCUT2D eigenvalue weighted by molar-refractivity contribution is 0.0892. The molecule has 0 bridgehead atoms. The molecule has 0 aromatic heterocycles. The van der Waals surface area contributed by atoms with Gasteiger partial charge in [0.25, 0.3) is 0 Å². The zero-order chi connectivity index (χ0) is 11.3. The number of aliphatic hydroxyl groups excluding tert-OH is 1. The fraction of sp³-hybridized carbons (Fsp3) is 1.00. The second-order valence-electron chi connectivity index (χ2n) is 5.52. The van der Waals surface area contributed by atoms with Crippen molar-refractivity contribution in [3.05, 3.63) is 0 Å². The largest absolute Gasteiger partial charge is 0.395 e. The summed E-state index contributed by atoms with van der Waals surface area (Å²) < 4.78 is 0. The van der Waals surface area contributed by atoms with Crippen molar-refractivity contribution in [3.63, 3.8) is 0 Å². The summed E-state index contributed by atoms with van der Waals surface area (Å²) in [7, 11) is 0. The van der Waals surface area contributed by atoms with Gasteiger partial charge in [-0.3, -0.25) is 4.90 Å². The molecule has 0 aromatic carbocycles. The number of hydrogen-bond acceptors (Lipinski definition) is 3. The van der Waals surface area contributed by atoms with Crippen LogP contribution < -0.4 is 5.73 Å². The molecular weight excluding hydrogens is 188 g/mol. The first-order valence-electron chi connectivity index (χ1n) is 6.14. The quantitative estimate of drug-likeness (QED) is 0.739. The molecule has 1 aliphatic rings. The minimum atomic E-state index is 0.164. The maximum atomic E-state index is 9.38. The monoisotopic (exact) mass is 214 g/mol. The zero-order valence-corrected chi connectivity index (χ0v) is 10.2. The van der Waals surface area contributed by atoms with E-state index in [9.17, 15) is 5.11 Å². The maximum Gasteiger partial charge on any atom is 0.0586 e. The van der Waals surface area contributed by atoms with Gasteiger partial charge in [-0.25, -0.2) is 0 Å². The van der Waals surface area contributed by atoms with Crippen LogP contribution in [-0.2, 0) is 0 Å². The second kappa shape index (κ2) is 5.83. The Bertz CT molecular complexity index is 182. The van der Waals surface area contributed by atoms with Gasteiger partial charge >= 0.3 is 0 Å². The molecule has 0 saturated carbocycles.